The zero-order valence-corrected chi connectivity index (χ0v) is 27.7. The van der Waals surface area contributed by atoms with E-state index in [0.717, 1.165) is 9.13 Å². The molecule has 2 amide bonds. The molecule has 0 aromatic heterocycles. The van der Waals surface area contributed by atoms with E-state index in [1.807, 2.05) is 12.1 Å². The Balaban J connectivity index is 1.44. The predicted molar refractivity (Wildman–Crippen MR) is 175 cm³/mol. The second-order valence-corrected chi connectivity index (χ2v) is 11.1. The van der Waals surface area contributed by atoms with Gasteiger partial charge in [0.25, 0.3) is 0 Å². The van der Waals surface area contributed by atoms with Gasteiger partial charge in [-0.2, -0.15) is 5.10 Å². The first-order valence-corrected chi connectivity index (χ1v) is 15.2. The van der Waals surface area contributed by atoms with Crippen LogP contribution in [0.5, 0.6) is 23.0 Å². The Morgan fingerprint density at radius 2 is 1.85 bits per heavy atom. The number of hydrogen-bond donors (Lipinski definition) is 4. The average Bonchev–Trinajstić information content (AvgIpc) is 3.03. The number of esters is 1. The lowest BCUT2D eigenvalue weighted by molar-refractivity contribution is -0.136. The van der Waals surface area contributed by atoms with Crippen molar-refractivity contribution in [1.82, 2.24) is 16.1 Å². The van der Waals surface area contributed by atoms with Gasteiger partial charge in [-0.3, -0.25) is 5.43 Å². The van der Waals surface area contributed by atoms with E-state index in [4.69, 9.17) is 23.7 Å². The first kappa shape index (κ1) is 34.3. The number of hydrazone groups is 1. The van der Waals surface area contributed by atoms with E-state index in [2.05, 4.69) is 43.8 Å². The van der Waals surface area contributed by atoms with Crippen LogP contribution in [0.2, 0.25) is 0 Å². The molecule has 244 valence electrons. The van der Waals surface area contributed by atoms with E-state index < -0.39 is 24.3 Å². The maximum atomic E-state index is 13.3. The number of urea groups is 1. The Hall–Kier alpha value is -4.57. The molecule has 0 saturated heterocycles. The van der Waals surface area contributed by atoms with Crippen molar-refractivity contribution in [2.75, 3.05) is 27.4 Å². The summed E-state index contributed by atoms with van der Waals surface area (Å²) < 4.78 is 42.2. The zero-order chi connectivity index (χ0) is 33.2. The minimum absolute atomic E-state index is 0.173. The van der Waals surface area contributed by atoms with Gasteiger partial charge in [-0.1, -0.05) is 18.2 Å². The molecule has 46 heavy (non-hydrogen) atoms. The van der Waals surface area contributed by atoms with Gasteiger partial charge in [-0.05, 0) is 84.0 Å². The highest BCUT2D eigenvalue weighted by Gasteiger charge is 2.32. The predicted octanol–water partition coefficient (Wildman–Crippen LogP) is 4.54. The molecule has 1 heterocycles. The van der Waals surface area contributed by atoms with Crippen LogP contribution in [0.15, 0.2) is 71.0 Å². The van der Waals surface area contributed by atoms with Crippen molar-refractivity contribution in [1.29, 1.82) is 0 Å². The summed E-state index contributed by atoms with van der Waals surface area (Å²) in [7, 11) is 2.79. The molecule has 0 bridgehead atoms. The number of aliphatic hydroxyl groups excluding tert-OH is 1. The van der Waals surface area contributed by atoms with Crippen molar-refractivity contribution in [3.05, 3.63) is 91.9 Å². The molecule has 14 heteroatoms. The van der Waals surface area contributed by atoms with Crippen LogP contribution < -0.4 is 35.0 Å². The number of methoxy groups -OCH3 is 2. The Morgan fingerprint density at radius 1 is 1.09 bits per heavy atom. The highest BCUT2D eigenvalue weighted by molar-refractivity contribution is 14.1. The molecule has 1 aliphatic rings. The largest absolute Gasteiger partial charge is 0.493 e. The van der Waals surface area contributed by atoms with E-state index in [1.165, 1.54) is 32.6 Å². The summed E-state index contributed by atoms with van der Waals surface area (Å²) in [4.78, 5) is 24.6. The Bertz CT molecular complexity index is 1620. The van der Waals surface area contributed by atoms with Crippen LogP contribution >= 0.6 is 22.6 Å². The first-order chi connectivity index (χ1) is 22.1. The number of ether oxygens (including phenoxy) is 5. The number of carbonyl (C=O) groups is 2. The maximum absolute atomic E-state index is 13.3. The Kier molecular flexibility index (Phi) is 12.0. The molecule has 0 radical (unpaired) electrons. The van der Waals surface area contributed by atoms with Gasteiger partial charge in [0.15, 0.2) is 29.2 Å². The van der Waals surface area contributed by atoms with Crippen molar-refractivity contribution in [2.45, 2.75) is 32.7 Å². The number of hydrogen-bond acceptors (Lipinski definition) is 10. The van der Waals surface area contributed by atoms with Gasteiger partial charge in [-0.15, -0.1) is 0 Å². The molecule has 0 fully saturated rings. The lowest BCUT2D eigenvalue weighted by atomic mass is 9.95. The second-order valence-electron chi connectivity index (χ2n) is 9.86. The van der Waals surface area contributed by atoms with Crippen molar-refractivity contribution < 1.29 is 42.8 Å². The Labute approximate surface area is 279 Å². The molecule has 2 atom stereocenters. The fourth-order valence-electron chi connectivity index (χ4n) is 4.54. The van der Waals surface area contributed by atoms with Crippen LogP contribution in [-0.2, 0) is 16.1 Å². The van der Waals surface area contributed by atoms with Crippen molar-refractivity contribution >= 4 is 40.8 Å². The number of rotatable bonds is 14. The highest BCUT2D eigenvalue weighted by atomic mass is 127. The maximum Gasteiger partial charge on any atom is 0.337 e. The quantitative estimate of drug-likeness (QED) is 0.0614. The van der Waals surface area contributed by atoms with Gasteiger partial charge in [-0.25, -0.2) is 14.0 Å². The molecule has 0 spiro atoms. The molecule has 3 aromatic rings. The topological polar surface area (TPSA) is 149 Å². The fraction of sp³-hybridized carbons (Fsp3) is 0.281. The fourth-order valence-corrected chi connectivity index (χ4v) is 5.16. The number of benzene rings is 3. The molecule has 1 aliphatic heterocycles. The summed E-state index contributed by atoms with van der Waals surface area (Å²) >= 11 is 2.14. The molecule has 0 aliphatic carbocycles. The lowest BCUT2D eigenvalue weighted by Gasteiger charge is -2.28. The smallest absolute Gasteiger partial charge is 0.337 e. The normalized spacial score (nSPS) is 15.1. The standard InChI is InChI=1S/C32H34FIN4O8/c1-5-44-25-13-20(29-28(31(40)43-4)18(2)36-32(41)37-29)8-11-24(25)45-17-27(39)38-35-15-21-12-23(34)14-26(42-3)30(21)46-16-19-6-9-22(33)10-7-19/h6-15,27,29,38-39H,5,16-17H2,1-4H3,(H2,36,37,41)/b35-15+/t27-,29+/m1/s1. The molecule has 4 N–H and O–H groups in total. The van der Waals surface area contributed by atoms with Gasteiger partial charge < -0.3 is 39.4 Å². The van der Waals surface area contributed by atoms with E-state index in [1.54, 1.807) is 44.2 Å². The third kappa shape index (κ3) is 8.78. The van der Waals surface area contributed by atoms with Crippen LogP contribution in [0.1, 0.15) is 36.6 Å². The third-order valence-electron chi connectivity index (χ3n) is 6.66. The van der Waals surface area contributed by atoms with Crippen molar-refractivity contribution in [3.8, 4) is 23.0 Å². The molecule has 12 nitrogen and oxygen atoms in total. The number of amides is 2. The molecule has 0 unspecified atom stereocenters. The minimum atomic E-state index is -1.21. The zero-order valence-electron chi connectivity index (χ0n) is 25.6. The number of nitrogens with zero attached hydrogens (tertiary/aromatic N) is 1. The van der Waals surface area contributed by atoms with Gasteiger partial charge in [0.1, 0.15) is 19.0 Å². The Morgan fingerprint density at radius 3 is 2.54 bits per heavy atom. The van der Waals surface area contributed by atoms with Gasteiger partial charge in [0.05, 0.1) is 38.7 Å². The molecule has 3 aromatic carbocycles. The van der Waals surface area contributed by atoms with Gasteiger partial charge in [0, 0.05) is 14.8 Å². The van der Waals surface area contributed by atoms with Crippen LogP contribution in [-0.4, -0.2) is 57.0 Å². The summed E-state index contributed by atoms with van der Waals surface area (Å²) in [6, 6.07) is 13.3. The average molecular weight is 749 g/mol. The first-order valence-electron chi connectivity index (χ1n) is 14.1. The minimum Gasteiger partial charge on any atom is -0.493 e. The second kappa shape index (κ2) is 16.1. The van der Waals surface area contributed by atoms with Crippen molar-refractivity contribution in [2.24, 2.45) is 5.10 Å². The van der Waals surface area contributed by atoms with Crippen LogP contribution in [0.4, 0.5) is 9.18 Å². The van der Waals surface area contributed by atoms with Crippen LogP contribution in [0.25, 0.3) is 0 Å². The number of aliphatic hydroxyl groups is 1. The van der Waals surface area contributed by atoms with Crippen LogP contribution in [0, 0.1) is 9.39 Å². The van der Waals surface area contributed by atoms with Crippen LogP contribution in [0.3, 0.4) is 0 Å². The molecular formula is C32H34FIN4O8. The summed E-state index contributed by atoms with van der Waals surface area (Å²) in [6.45, 7) is 3.71. The van der Waals surface area contributed by atoms with E-state index >= 15 is 0 Å². The molecule has 0 saturated carbocycles. The summed E-state index contributed by atoms with van der Waals surface area (Å²) in [5, 5.41) is 20.0. The summed E-state index contributed by atoms with van der Waals surface area (Å²) in [6.07, 6.45) is 0.273. The SMILES string of the molecule is CCOc1cc([C@@H]2NC(=O)NC(C)=C2C(=O)OC)ccc1OC[C@@H](O)N/N=C/c1cc(I)cc(OC)c1OCc1ccc(F)cc1. The monoisotopic (exact) mass is 748 g/mol. The lowest BCUT2D eigenvalue weighted by Crippen LogP contribution is -2.45. The van der Waals surface area contributed by atoms with E-state index in [0.29, 0.717) is 46.4 Å². The summed E-state index contributed by atoms with van der Waals surface area (Å²) in [5.74, 6) is 0.666. The number of carbonyl (C=O) groups excluding carboxylic acids is 2. The molecule has 4 rings (SSSR count). The van der Waals surface area contributed by atoms with E-state index in [9.17, 15) is 19.1 Å². The number of nitrogens with one attached hydrogen (secondary N) is 3. The van der Waals surface area contributed by atoms with Crippen molar-refractivity contribution in [3.63, 3.8) is 0 Å². The number of halogens is 2. The number of allylic oxidation sites excluding steroid dienone is 1. The molecular weight excluding hydrogens is 714 g/mol. The van der Waals surface area contributed by atoms with E-state index in [-0.39, 0.29) is 24.6 Å². The highest BCUT2D eigenvalue weighted by Crippen LogP contribution is 2.35. The third-order valence-corrected chi connectivity index (χ3v) is 7.29. The van der Waals surface area contributed by atoms with Gasteiger partial charge >= 0.3 is 12.0 Å². The van der Waals surface area contributed by atoms with Gasteiger partial charge in [0.2, 0.25) is 0 Å². The summed E-state index contributed by atoms with van der Waals surface area (Å²) in [5.41, 5.74) is 5.18.